The SMILES string of the molecule is Cc1ncc2c(n1)C1(CCCN(C(=O)c3cnc(N)s3)C1)CC2. The highest BCUT2D eigenvalue weighted by atomic mass is 32.1. The van der Waals surface area contributed by atoms with Crippen LogP contribution in [0.1, 0.15) is 46.0 Å². The fourth-order valence-electron chi connectivity index (χ4n) is 3.87. The fourth-order valence-corrected chi connectivity index (χ4v) is 4.53. The Morgan fingerprint density at radius 3 is 3.00 bits per heavy atom. The molecule has 2 N–H and O–H groups in total. The number of hydrogen-bond donors (Lipinski definition) is 1. The number of nitrogens with two attached hydrogens (primary N) is 1. The van der Waals surface area contributed by atoms with Gasteiger partial charge >= 0.3 is 0 Å². The van der Waals surface area contributed by atoms with E-state index in [4.69, 9.17) is 10.7 Å². The molecule has 2 aromatic heterocycles. The summed E-state index contributed by atoms with van der Waals surface area (Å²) < 4.78 is 0. The number of thiazole rings is 1. The summed E-state index contributed by atoms with van der Waals surface area (Å²) in [6.45, 7) is 3.45. The second kappa shape index (κ2) is 5.26. The minimum absolute atomic E-state index is 0.00677. The van der Waals surface area contributed by atoms with Gasteiger partial charge < -0.3 is 10.6 Å². The summed E-state index contributed by atoms with van der Waals surface area (Å²) in [5.74, 6) is 0.848. The van der Waals surface area contributed by atoms with Gasteiger partial charge in [-0.25, -0.2) is 15.0 Å². The number of carbonyl (C=O) groups is 1. The number of nitrogen functional groups attached to an aromatic ring is 1. The highest BCUT2D eigenvalue weighted by Gasteiger charge is 2.44. The van der Waals surface area contributed by atoms with Gasteiger partial charge in [-0.3, -0.25) is 4.79 Å². The van der Waals surface area contributed by atoms with E-state index in [1.807, 2.05) is 18.0 Å². The average molecular weight is 329 g/mol. The van der Waals surface area contributed by atoms with Crippen molar-refractivity contribution in [3.63, 3.8) is 0 Å². The monoisotopic (exact) mass is 329 g/mol. The minimum Gasteiger partial charge on any atom is -0.375 e. The Morgan fingerprint density at radius 2 is 2.22 bits per heavy atom. The molecule has 1 aliphatic heterocycles. The van der Waals surface area contributed by atoms with E-state index >= 15 is 0 Å². The van der Waals surface area contributed by atoms with Gasteiger partial charge in [0, 0.05) is 24.7 Å². The normalized spacial score (nSPS) is 23.3. The lowest BCUT2D eigenvalue weighted by Crippen LogP contribution is -2.47. The number of amides is 1. The predicted octanol–water partition coefficient (Wildman–Crippen LogP) is 1.94. The topological polar surface area (TPSA) is 85.0 Å². The van der Waals surface area contributed by atoms with Crippen LogP contribution >= 0.6 is 11.3 Å². The average Bonchev–Trinajstić information content (AvgIpc) is 3.12. The minimum atomic E-state index is -0.00677. The Kier molecular flexibility index (Phi) is 3.33. The summed E-state index contributed by atoms with van der Waals surface area (Å²) in [7, 11) is 0. The van der Waals surface area contributed by atoms with Crippen LogP contribution in [-0.4, -0.2) is 38.8 Å². The van der Waals surface area contributed by atoms with Gasteiger partial charge in [0.25, 0.3) is 5.91 Å². The number of aryl methyl sites for hydroxylation is 2. The van der Waals surface area contributed by atoms with Crippen molar-refractivity contribution < 1.29 is 4.79 Å². The van der Waals surface area contributed by atoms with Crippen LogP contribution in [0.3, 0.4) is 0 Å². The number of aromatic nitrogens is 3. The van der Waals surface area contributed by atoms with Crippen LogP contribution in [0.15, 0.2) is 12.4 Å². The van der Waals surface area contributed by atoms with Gasteiger partial charge in [0.1, 0.15) is 10.7 Å². The summed E-state index contributed by atoms with van der Waals surface area (Å²) in [4.78, 5) is 28.4. The molecule has 0 aromatic carbocycles. The van der Waals surface area contributed by atoms with Gasteiger partial charge in [-0.15, -0.1) is 0 Å². The first kappa shape index (κ1) is 14.6. The Labute approximate surface area is 138 Å². The van der Waals surface area contributed by atoms with Crippen molar-refractivity contribution in [1.82, 2.24) is 19.9 Å². The molecule has 0 radical (unpaired) electrons. The third-order valence-corrected chi connectivity index (χ3v) is 5.77. The van der Waals surface area contributed by atoms with E-state index in [-0.39, 0.29) is 11.3 Å². The molecule has 2 aliphatic rings. The van der Waals surface area contributed by atoms with E-state index in [0.29, 0.717) is 10.0 Å². The lowest BCUT2D eigenvalue weighted by Gasteiger charge is -2.40. The zero-order chi connectivity index (χ0) is 16.0. The maximum atomic E-state index is 12.7. The maximum Gasteiger partial charge on any atom is 0.265 e. The smallest absolute Gasteiger partial charge is 0.265 e. The van der Waals surface area contributed by atoms with Gasteiger partial charge in [-0.2, -0.15) is 0 Å². The van der Waals surface area contributed by atoms with Crippen molar-refractivity contribution in [3.8, 4) is 0 Å². The van der Waals surface area contributed by atoms with Crippen molar-refractivity contribution in [2.75, 3.05) is 18.8 Å². The molecule has 1 saturated heterocycles. The molecule has 1 spiro atoms. The molecular weight excluding hydrogens is 310 g/mol. The molecule has 0 bridgehead atoms. The molecule has 2 aromatic rings. The van der Waals surface area contributed by atoms with E-state index in [9.17, 15) is 4.79 Å². The molecule has 120 valence electrons. The number of piperidine rings is 1. The van der Waals surface area contributed by atoms with E-state index in [1.54, 1.807) is 6.20 Å². The van der Waals surface area contributed by atoms with E-state index in [0.717, 1.165) is 50.3 Å². The first-order valence-corrected chi connectivity index (χ1v) is 8.73. The molecule has 1 atom stereocenters. The van der Waals surface area contributed by atoms with Gasteiger partial charge in [-0.05, 0) is 38.2 Å². The predicted molar refractivity (Wildman–Crippen MR) is 88.4 cm³/mol. The van der Waals surface area contributed by atoms with E-state index < -0.39 is 0 Å². The van der Waals surface area contributed by atoms with Crippen LogP contribution in [0.5, 0.6) is 0 Å². The Morgan fingerprint density at radius 1 is 1.35 bits per heavy atom. The van der Waals surface area contributed by atoms with Crippen LogP contribution in [-0.2, 0) is 11.8 Å². The van der Waals surface area contributed by atoms with Crippen LogP contribution in [0, 0.1) is 6.92 Å². The maximum absolute atomic E-state index is 12.7. The number of likely N-dealkylation sites (tertiary alicyclic amines) is 1. The summed E-state index contributed by atoms with van der Waals surface area (Å²) in [6.07, 6.45) is 7.68. The molecule has 0 saturated carbocycles. The number of anilines is 1. The fraction of sp³-hybridized carbons (Fsp3) is 0.500. The highest BCUT2D eigenvalue weighted by Crippen LogP contribution is 2.44. The molecule has 6 nitrogen and oxygen atoms in total. The quantitative estimate of drug-likeness (QED) is 0.864. The van der Waals surface area contributed by atoms with E-state index in [1.165, 1.54) is 16.9 Å². The molecule has 7 heteroatoms. The molecule has 1 amide bonds. The molecule has 3 heterocycles. The Hall–Kier alpha value is -2.02. The van der Waals surface area contributed by atoms with Crippen molar-refractivity contribution in [2.24, 2.45) is 0 Å². The number of rotatable bonds is 1. The third-order valence-electron chi connectivity index (χ3n) is 4.96. The largest absolute Gasteiger partial charge is 0.375 e. The van der Waals surface area contributed by atoms with Crippen molar-refractivity contribution in [1.29, 1.82) is 0 Å². The second-order valence-electron chi connectivity index (χ2n) is 6.46. The zero-order valence-electron chi connectivity index (χ0n) is 13.1. The Bertz CT molecular complexity index is 770. The molecule has 23 heavy (non-hydrogen) atoms. The lowest BCUT2D eigenvalue weighted by molar-refractivity contribution is 0.0638. The van der Waals surface area contributed by atoms with Crippen molar-refractivity contribution in [3.05, 3.63) is 34.4 Å². The molecule has 1 unspecified atom stereocenters. The van der Waals surface area contributed by atoms with Crippen molar-refractivity contribution >= 4 is 22.4 Å². The van der Waals surface area contributed by atoms with Crippen LogP contribution in [0.4, 0.5) is 5.13 Å². The van der Waals surface area contributed by atoms with Crippen molar-refractivity contribution in [2.45, 2.75) is 38.0 Å². The Balaban J connectivity index is 1.64. The first-order valence-electron chi connectivity index (χ1n) is 7.91. The number of nitrogens with zero attached hydrogens (tertiary/aromatic N) is 4. The summed E-state index contributed by atoms with van der Waals surface area (Å²) in [5, 5.41) is 0.439. The number of hydrogen-bond acceptors (Lipinski definition) is 6. The van der Waals surface area contributed by atoms with Crippen LogP contribution in [0.25, 0.3) is 0 Å². The van der Waals surface area contributed by atoms with Gasteiger partial charge in [0.05, 0.1) is 11.9 Å². The molecule has 1 fully saturated rings. The summed E-state index contributed by atoms with van der Waals surface area (Å²) in [5.41, 5.74) is 8.06. The van der Waals surface area contributed by atoms with Gasteiger partial charge in [0.2, 0.25) is 0 Å². The third kappa shape index (κ3) is 2.39. The summed E-state index contributed by atoms with van der Waals surface area (Å²) in [6, 6.07) is 0. The number of carbonyl (C=O) groups excluding carboxylic acids is 1. The van der Waals surface area contributed by atoms with Gasteiger partial charge in [0.15, 0.2) is 5.13 Å². The zero-order valence-corrected chi connectivity index (χ0v) is 13.9. The standard InChI is InChI=1S/C16H19N5OS/c1-10-18-7-11-3-5-16(13(11)20-10)4-2-6-21(9-16)14(22)12-8-19-15(17)23-12/h7-8H,2-6,9H2,1H3,(H2,17,19). The molecule has 1 aliphatic carbocycles. The van der Waals surface area contributed by atoms with Gasteiger partial charge in [-0.1, -0.05) is 11.3 Å². The van der Waals surface area contributed by atoms with E-state index in [2.05, 4.69) is 9.97 Å². The van der Waals surface area contributed by atoms with Crippen LogP contribution < -0.4 is 5.73 Å². The summed E-state index contributed by atoms with van der Waals surface area (Å²) >= 11 is 1.26. The van der Waals surface area contributed by atoms with Crippen LogP contribution in [0.2, 0.25) is 0 Å². The lowest BCUT2D eigenvalue weighted by atomic mass is 9.77. The number of fused-ring (bicyclic) bond motifs is 2. The molecular formula is C16H19N5OS. The first-order chi connectivity index (χ1) is 11.1. The highest BCUT2D eigenvalue weighted by molar-refractivity contribution is 7.17. The second-order valence-corrected chi connectivity index (χ2v) is 7.53. The molecule has 4 rings (SSSR count).